The molecule has 0 aliphatic carbocycles. The lowest BCUT2D eigenvalue weighted by molar-refractivity contribution is 0.880. The zero-order chi connectivity index (χ0) is 9.10. The molecule has 13 heavy (non-hydrogen) atoms. The maximum Gasteiger partial charge on any atom is 0.0651 e. The van der Waals surface area contributed by atoms with Crippen molar-refractivity contribution in [1.29, 1.82) is 0 Å². The van der Waals surface area contributed by atoms with Gasteiger partial charge in [0, 0.05) is 12.4 Å². The van der Waals surface area contributed by atoms with Gasteiger partial charge in [0.15, 0.2) is 0 Å². The largest absolute Gasteiger partial charge is 0.241 e. The number of hydrogen-bond acceptors (Lipinski definition) is 1. The van der Waals surface area contributed by atoms with Gasteiger partial charge in [-0.2, -0.15) is 5.10 Å². The standard InChI is InChI=1S/C11H10N2/c1-2-10-5-3-6-11(9-10)13-8-4-7-12-13/h2-9H,1H2. The molecule has 0 amide bonds. The SMILES string of the molecule is C=Cc1cccc(-n2cccn2)c1. The van der Waals surface area contributed by atoms with Crippen LogP contribution in [0.5, 0.6) is 0 Å². The van der Waals surface area contributed by atoms with Gasteiger partial charge in [-0.3, -0.25) is 0 Å². The molecule has 0 atom stereocenters. The van der Waals surface area contributed by atoms with E-state index in [2.05, 4.69) is 11.7 Å². The minimum Gasteiger partial charge on any atom is -0.241 e. The second-order valence-electron chi connectivity index (χ2n) is 2.75. The van der Waals surface area contributed by atoms with E-state index >= 15 is 0 Å². The fourth-order valence-electron chi connectivity index (χ4n) is 1.22. The third kappa shape index (κ3) is 1.51. The number of benzene rings is 1. The third-order valence-corrected chi connectivity index (χ3v) is 1.87. The highest BCUT2D eigenvalue weighted by Crippen LogP contribution is 2.09. The first-order chi connectivity index (χ1) is 6.40. The van der Waals surface area contributed by atoms with E-state index in [1.54, 1.807) is 6.20 Å². The van der Waals surface area contributed by atoms with Gasteiger partial charge in [-0.05, 0) is 23.8 Å². The molecule has 2 heteroatoms. The summed E-state index contributed by atoms with van der Waals surface area (Å²) in [5.41, 5.74) is 2.16. The number of rotatable bonds is 2. The van der Waals surface area contributed by atoms with Gasteiger partial charge >= 0.3 is 0 Å². The zero-order valence-electron chi connectivity index (χ0n) is 7.22. The smallest absolute Gasteiger partial charge is 0.0651 e. The molecule has 0 fully saturated rings. The first-order valence-electron chi connectivity index (χ1n) is 4.12. The van der Waals surface area contributed by atoms with Gasteiger partial charge in [-0.1, -0.05) is 24.8 Å². The Morgan fingerprint density at radius 3 is 2.92 bits per heavy atom. The molecule has 2 aromatic rings. The maximum atomic E-state index is 4.14. The lowest BCUT2D eigenvalue weighted by Crippen LogP contribution is -1.93. The fourth-order valence-corrected chi connectivity index (χ4v) is 1.22. The summed E-state index contributed by atoms with van der Waals surface area (Å²) in [6.45, 7) is 3.72. The van der Waals surface area contributed by atoms with Crippen molar-refractivity contribution in [3.63, 3.8) is 0 Å². The van der Waals surface area contributed by atoms with Gasteiger partial charge in [0.1, 0.15) is 0 Å². The molecule has 0 aliphatic heterocycles. The monoisotopic (exact) mass is 170 g/mol. The van der Waals surface area contributed by atoms with E-state index in [0.717, 1.165) is 11.3 Å². The van der Waals surface area contributed by atoms with Gasteiger partial charge in [-0.15, -0.1) is 0 Å². The molecular weight excluding hydrogens is 160 g/mol. The van der Waals surface area contributed by atoms with Crippen molar-refractivity contribution >= 4 is 6.08 Å². The summed E-state index contributed by atoms with van der Waals surface area (Å²) in [5, 5.41) is 4.14. The lowest BCUT2D eigenvalue weighted by Gasteiger charge is -2.01. The van der Waals surface area contributed by atoms with Crippen molar-refractivity contribution in [2.75, 3.05) is 0 Å². The van der Waals surface area contributed by atoms with Gasteiger partial charge in [0.25, 0.3) is 0 Å². The van der Waals surface area contributed by atoms with Crippen LogP contribution in [0, 0.1) is 0 Å². The van der Waals surface area contributed by atoms with Crippen LogP contribution in [0.2, 0.25) is 0 Å². The molecule has 0 spiro atoms. The summed E-state index contributed by atoms with van der Waals surface area (Å²) in [6.07, 6.45) is 5.51. The Bertz CT molecular complexity index is 402. The minimum atomic E-state index is 1.06. The number of aromatic nitrogens is 2. The van der Waals surface area contributed by atoms with Crippen molar-refractivity contribution < 1.29 is 0 Å². The molecular formula is C11H10N2. The van der Waals surface area contributed by atoms with E-state index in [-0.39, 0.29) is 0 Å². The summed E-state index contributed by atoms with van der Waals surface area (Å²) < 4.78 is 1.83. The van der Waals surface area contributed by atoms with Crippen molar-refractivity contribution in [2.45, 2.75) is 0 Å². The second-order valence-corrected chi connectivity index (χ2v) is 2.75. The predicted octanol–water partition coefficient (Wildman–Crippen LogP) is 2.52. The van der Waals surface area contributed by atoms with Crippen LogP contribution < -0.4 is 0 Å². The average molecular weight is 170 g/mol. The lowest BCUT2D eigenvalue weighted by atomic mass is 10.2. The summed E-state index contributed by atoms with van der Waals surface area (Å²) in [6, 6.07) is 9.97. The summed E-state index contributed by atoms with van der Waals surface area (Å²) in [7, 11) is 0. The molecule has 2 nitrogen and oxygen atoms in total. The molecule has 0 N–H and O–H groups in total. The van der Waals surface area contributed by atoms with Gasteiger partial charge in [0.05, 0.1) is 5.69 Å². The number of hydrogen-bond donors (Lipinski definition) is 0. The zero-order valence-corrected chi connectivity index (χ0v) is 7.22. The van der Waals surface area contributed by atoms with Crippen LogP contribution in [0.25, 0.3) is 11.8 Å². The van der Waals surface area contributed by atoms with E-state index in [1.807, 2.05) is 47.3 Å². The van der Waals surface area contributed by atoms with E-state index in [4.69, 9.17) is 0 Å². The molecule has 1 aromatic carbocycles. The molecule has 0 radical (unpaired) electrons. The van der Waals surface area contributed by atoms with Crippen molar-refractivity contribution in [2.24, 2.45) is 0 Å². The van der Waals surface area contributed by atoms with Crippen LogP contribution in [0.4, 0.5) is 0 Å². The van der Waals surface area contributed by atoms with Crippen LogP contribution >= 0.6 is 0 Å². The Morgan fingerprint density at radius 2 is 2.23 bits per heavy atom. The van der Waals surface area contributed by atoms with Gasteiger partial charge in [-0.25, -0.2) is 4.68 Å². The van der Waals surface area contributed by atoms with Crippen LogP contribution in [0.15, 0.2) is 49.3 Å². The molecule has 0 aliphatic rings. The quantitative estimate of drug-likeness (QED) is 0.677. The fraction of sp³-hybridized carbons (Fsp3) is 0. The molecule has 0 saturated heterocycles. The molecule has 2 rings (SSSR count). The molecule has 0 saturated carbocycles. The van der Waals surface area contributed by atoms with Gasteiger partial charge < -0.3 is 0 Å². The normalized spacial score (nSPS) is 9.85. The van der Waals surface area contributed by atoms with Crippen molar-refractivity contribution in [1.82, 2.24) is 9.78 Å². The summed E-state index contributed by atoms with van der Waals surface area (Å²) in [5.74, 6) is 0. The average Bonchev–Trinajstić information content (AvgIpc) is 2.71. The second kappa shape index (κ2) is 3.27. The molecule has 64 valence electrons. The Labute approximate surface area is 77.1 Å². The minimum absolute atomic E-state index is 1.06. The molecule has 0 unspecified atom stereocenters. The third-order valence-electron chi connectivity index (χ3n) is 1.87. The summed E-state index contributed by atoms with van der Waals surface area (Å²) >= 11 is 0. The summed E-state index contributed by atoms with van der Waals surface area (Å²) in [4.78, 5) is 0. The number of nitrogens with zero attached hydrogens (tertiary/aromatic N) is 2. The Morgan fingerprint density at radius 1 is 1.31 bits per heavy atom. The van der Waals surface area contributed by atoms with Crippen molar-refractivity contribution in [3.8, 4) is 5.69 Å². The Hall–Kier alpha value is -1.83. The van der Waals surface area contributed by atoms with E-state index in [1.165, 1.54) is 0 Å². The topological polar surface area (TPSA) is 17.8 Å². The Balaban J connectivity index is 2.47. The van der Waals surface area contributed by atoms with Gasteiger partial charge in [0.2, 0.25) is 0 Å². The highest BCUT2D eigenvalue weighted by Gasteiger charge is 1.94. The van der Waals surface area contributed by atoms with Crippen LogP contribution in [0.1, 0.15) is 5.56 Å². The molecule has 1 heterocycles. The van der Waals surface area contributed by atoms with Crippen LogP contribution in [-0.2, 0) is 0 Å². The van der Waals surface area contributed by atoms with Crippen LogP contribution in [0.3, 0.4) is 0 Å². The van der Waals surface area contributed by atoms with E-state index < -0.39 is 0 Å². The first-order valence-corrected chi connectivity index (χ1v) is 4.12. The highest BCUT2D eigenvalue weighted by molar-refractivity contribution is 5.51. The Kier molecular flexibility index (Phi) is 1.96. The van der Waals surface area contributed by atoms with E-state index in [9.17, 15) is 0 Å². The van der Waals surface area contributed by atoms with Crippen molar-refractivity contribution in [3.05, 3.63) is 54.9 Å². The molecule has 0 bridgehead atoms. The first kappa shape index (κ1) is 7.80. The predicted molar refractivity (Wildman–Crippen MR) is 53.7 cm³/mol. The molecule has 1 aromatic heterocycles. The van der Waals surface area contributed by atoms with E-state index in [0.29, 0.717) is 0 Å². The van der Waals surface area contributed by atoms with Crippen LogP contribution in [-0.4, -0.2) is 9.78 Å². The highest BCUT2D eigenvalue weighted by atomic mass is 15.3. The maximum absolute atomic E-state index is 4.14.